The molecule has 0 spiro atoms. The van der Waals surface area contributed by atoms with Crippen LogP contribution in [0.5, 0.6) is 0 Å². The molecule has 1 aliphatic carbocycles. The van der Waals surface area contributed by atoms with Crippen LogP contribution in [0.3, 0.4) is 0 Å². The summed E-state index contributed by atoms with van der Waals surface area (Å²) in [6.45, 7) is 6.09. The van der Waals surface area contributed by atoms with E-state index in [0.717, 1.165) is 11.3 Å². The van der Waals surface area contributed by atoms with Crippen LogP contribution in [0, 0.1) is 5.41 Å². The second-order valence-electron chi connectivity index (χ2n) is 5.83. The van der Waals surface area contributed by atoms with Gasteiger partial charge in [-0.3, -0.25) is 0 Å². The zero-order valence-electron chi connectivity index (χ0n) is 10.2. The van der Waals surface area contributed by atoms with Crippen LogP contribution in [0.4, 0.5) is 0 Å². The first kappa shape index (κ1) is 11.8. The van der Waals surface area contributed by atoms with Gasteiger partial charge in [-0.25, -0.2) is 0 Å². The van der Waals surface area contributed by atoms with Gasteiger partial charge in [0.1, 0.15) is 0 Å². The monoisotopic (exact) mass is 227 g/mol. The van der Waals surface area contributed by atoms with Crippen LogP contribution >= 0.6 is 11.8 Å². The Bertz CT molecular complexity index is 199. The predicted octanol–water partition coefficient (Wildman–Crippen LogP) is 3.44. The molecular weight excluding hydrogens is 202 g/mol. The summed E-state index contributed by atoms with van der Waals surface area (Å²) in [5.74, 6) is 1.33. The van der Waals surface area contributed by atoms with Gasteiger partial charge in [0.25, 0.3) is 0 Å². The van der Waals surface area contributed by atoms with Crippen LogP contribution < -0.4 is 5.32 Å². The molecule has 2 unspecified atom stereocenters. The number of thioether (sulfide) groups is 1. The summed E-state index contributed by atoms with van der Waals surface area (Å²) in [7, 11) is 0. The zero-order valence-corrected chi connectivity index (χ0v) is 11.0. The van der Waals surface area contributed by atoms with E-state index in [0.29, 0.717) is 5.41 Å². The van der Waals surface area contributed by atoms with E-state index in [1.54, 1.807) is 0 Å². The number of hydrogen-bond donors (Lipinski definition) is 1. The van der Waals surface area contributed by atoms with Gasteiger partial charge in [-0.2, -0.15) is 11.8 Å². The van der Waals surface area contributed by atoms with Crippen molar-refractivity contribution in [1.29, 1.82) is 0 Å². The lowest BCUT2D eigenvalue weighted by Gasteiger charge is -2.34. The maximum absolute atomic E-state index is 3.80. The average molecular weight is 227 g/mol. The van der Waals surface area contributed by atoms with Crippen molar-refractivity contribution in [3.8, 4) is 0 Å². The topological polar surface area (TPSA) is 12.0 Å². The molecule has 1 N–H and O–H groups in total. The van der Waals surface area contributed by atoms with Crippen molar-refractivity contribution >= 4 is 11.8 Å². The third-order valence-electron chi connectivity index (χ3n) is 4.08. The van der Waals surface area contributed by atoms with E-state index >= 15 is 0 Å². The van der Waals surface area contributed by atoms with E-state index in [4.69, 9.17) is 0 Å². The number of hydrogen-bond acceptors (Lipinski definition) is 2. The molecule has 88 valence electrons. The van der Waals surface area contributed by atoms with Crippen molar-refractivity contribution in [2.75, 3.05) is 12.3 Å². The van der Waals surface area contributed by atoms with Gasteiger partial charge in [-0.05, 0) is 24.7 Å². The molecule has 2 fully saturated rings. The van der Waals surface area contributed by atoms with E-state index in [1.165, 1.54) is 50.8 Å². The molecule has 0 aromatic heterocycles. The Balaban J connectivity index is 1.72. The van der Waals surface area contributed by atoms with E-state index in [2.05, 4.69) is 30.9 Å². The summed E-state index contributed by atoms with van der Waals surface area (Å²) in [5, 5.41) is 4.68. The number of rotatable bonds is 3. The summed E-state index contributed by atoms with van der Waals surface area (Å²) < 4.78 is 0. The SMILES string of the molecule is CC1CC(NCC2(C)CCCCC2)CS1. The minimum Gasteiger partial charge on any atom is -0.313 e. The molecule has 1 nitrogen and oxygen atoms in total. The zero-order chi connectivity index (χ0) is 10.7. The minimum atomic E-state index is 0.606. The summed E-state index contributed by atoms with van der Waals surface area (Å²) in [6.07, 6.45) is 8.62. The largest absolute Gasteiger partial charge is 0.313 e. The molecular formula is C13H25NS. The van der Waals surface area contributed by atoms with Gasteiger partial charge < -0.3 is 5.32 Å². The lowest BCUT2D eigenvalue weighted by molar-refractivity contribution is 0.202. The maximum Gasteiger partial charge on any atom is 0.0168 e. The predicted molar refractivity (Wildman–Crippen MR) is 69.5 cm³/mol. The fraction of sp³-hybridized carbons (Fsp3) is 1.00. The molecule has 1 heterocycles. The Labute approximate surface area is 98.8 Å². The van der Waals surface area contributed by atoms with Crippen molar-refractivity contribution in [3.05, 3.63) is 0 Å². The van der Waals surface area contributed by atoms with Crippen molar-refractivity contribution < 1.29 is 0 Å². The average Bonchev–Trinajstić information content (AvgIpc) is 2.63. The first-order valence-corrected chi connectivity index (χ1v) is 7.58. The molecule has 0 bridgehead atoms. The van der Waals surface area contributed by atoms with Crippen molar-refractivity contribution in [1.82, 2.24) is 5.32 Å². The molecule has 0 radical (unpaired) electrons. The van der Waals surface area contributed by atoms with Gasteiger partial charge in [0.05, 0.1) is 0 Å². The first-order chi connectivity index (χ1) is 7.18. The minimum absolute atomic E-state index is 0.606. The molecule has 1 saturated carbocycles. The van der Waals surface area contributed by atoms with Crippen LogP contribution in [0.1, 0.15) is 52.4 Å². The van der Waals surface area contributed by atoms with Crippen molar-refractivity contribution in [3.63, 3.8) is 0 Å². The molecule has 0 aromatic rings. The summed E-state index contributed by atoms with van der Waals surface area (Å²) in [5.41, 5.74) is 0.606. The molecule has 0 amide bonds. The van der Waals surface area contributed by atoms with Gasteiger partial charge in [0.15, 0.2) is 0 Å². The van der Waals surface area contributed by atoms with Crippen LogP contribution in [-0.2, 0) is 0 Å². The van der Waals surface area contributed by atoms with Crippen LogP contribution in [0.2, 0.25) is 0 Å². The highest BCUT2D eigenvalue weighted by molar-refractivity contribution is 8.00. The maximum atomic E-state index is 3.80. The molecule has 2 atom stereocenters. The van der Waals surface area contributed by atoms with Crippen LogP contribution in [0.25, 0.3) is 0 Å². The third kappa shape index (κ3) is 3.39. The molecule has 15 heavy (non-hydrogen) atoms. The Morgan fingerprint density at radius 3 is 2.60 bits per heavy atom. The van der Waals surface area contributed by atoms with E-state index < -0.39 is 0 Å². The molecule has 2 aliphatic rings. The Morgan fingerprint density at radius 2 is 2.00 bits per heavy atom. The molecule has 2 heteroatoms. The quantitative estimate of drug-likeness (QED) is 0.792. The van der Waals surface area contributed by atoms with E-state index in [1.807, 2.05) is 0 Å². The summed E-state index contributed by atoms with van der Waals surface area (Å²) in [4.78, 5) is 0. The second-order valence-corrected chi connectivity index (χ2v) is 7.30. The fourth-order valence-electron chi connectivity index (χ4n) is 2.93. The van der Waals surface area contributed by atoms with Crippen LogP contribution in [-0.4, -0.2) is 23.6 Å². The van der Waals surface area contributed by atoms with Crippen molar-refractivity contribution in [2.45, 2.75) is 63.7 Å². The highest BCUT2D eigenvalue weighted by atomic mass is 32.2. The van der Waals surface area contributed by atoms with Gasteiger partial charge in [0.2, 0.25) is 0 Å². The Hall–Kier alpha value is 0.310. The molecule has 0 aromatic carbocycles. The highest BCUT2D eigenvalue weighted by Gasteiger charge is 2.29. The molecule has 1 aliphatic heterocycles. The lowest BCUT2D eigenvalue weighted by atomic mass is 9.75. The molecule has 2 rings (SSSR count). The second kappa shape index (κ2) is 5.09. The van der Waals surface area contributed by atoms with Gasteiger partial charge >= 0.3 is 0 Å². The van der Waals surface area contributed by atoms with Crippen molar-refractivity contribution in [2.24, 2.45) is 5.41 Å². The normalized spacial score (nSPS) is 35.6. The van der Waals surface area contributed by atoms with E-state index in [9.17, 15) is 0 Å². The molecule has 1 saturated heterocycles. The van der Waals surface area contributed by atoms with Gasteiger partial charge in [0, 0.05) is 23.6 Å². The standard InChI is InChI=1S/C13H25NS/c1-11-8-12(9-15-11)14-10-13(2)6-4-3-5-7-13/h11-12,14H,3-10H2,1-2H3. The smallest absolute Gasteiger partial charge is 0.0168 e. The Kier molecular flexibility index (Phi) is 4.00. The summed E-state index contributed by atoms with van der Waals surface area (Å²) in [6, 6.07) is 0.795. The van der Waals surface area contributed by atoms with Gasteiger partial charge in [-0.15, -0.1) is 0 Å². The summed E-state index contributed by atoms with van der Waals surface area (Å²) >= 11 is 2.13. The Morgan fingerprint density at radius 1 is 1.27 bits per heavy atom. The fourth-order valence-corrected chi connectivity index (χ4v) is 4.12. The lowest BCUT2D eigenvalue weighted by Crippen LogP contribution is -2.39. The highest BCUT2D eigenvalue weighted by Crippen LogP contribution is 2.35. The third-order valence-corrected chi connectivity index (χ3v) is 5.43. The first-order valence-electron chi connectivity index (χ1n) is 6.53. The van der Waals surface area contributed by atoms with E-state index in [-0.39, 0.29) is 0 Å². The van der Waals surface area contributed by atoms with Gasteiger partial charge in [-0.1, -0.05) is 33.1 Å². The number of nitrogens with one attached hydrogen (secondary N) is 1. The van der Waals surface area contributed by atoms with Crippen LogP contribution in [0.15, 0.2) is 0 Å².